The number of rotatable bonds is 5. The van der Waals surface area contributed by atoms with E-state index in [1.807, 2.05) is 6.92 Å². The van der Waals surface area contributed by atoms with Gasteiger partial charge in [-0.05, 0) is 38.0 Å². The fourth-order valence-corrected chi connectivity index (χ4v) is 3.86. The Morgan fingerprint density at radius 2 is 2.10 bits per heavy atom. The number of nitrogens with one attached hydrogen (secondary N) is 2. The number of amides is 1. The molecule has 2 aromatic heterocycles. The van der Waals surface area contributed by atoms with Crippen molar-refractivity contribution in [2.45, 2.75) is 39.0 Å². The average molecular weight is 449 g/mol. The number of nitrogens with zero attached hydrogens (tertiary/aromatic N) is 4. The molecule has 0 bridgehead atoms. The number of carbonyl (C=O) groups excluding carboxylic acids is 1. The van der Waals surface area contributed by atoms with Crippen LogP contribution in [0.4, 0.5) is 19.0 Å². The van der Waals surface area contributed by atoms with Crippen molar-refractivity contribution in [3.63, 3.8) is 0 Å². The summed E-state index contributed by atoms with van der Waals surface area (Å²) in [5.74, 6) is 0.671. The quantitative estimate of drug-likeness (QED) is 0.684. The van der Waals surface area contributed by atoms with E-state index in [0.29, 0.717) is 48.9 Å². The zero-order valence-electron chi connectivity index (χ0n) is 15.6. The highest BCUT2D eigenvalue weighted by molar-refractivity contribution is 7.71. The number of aromatic amines is 1. The molecule has 0 aliphatic carbocycles. The molecule has 0 aromatic carbocycles. The van der Waals surface area contributed by atoms with Crippen molar-refractivity contribution >= 4 is 35.5 Å². The van der Waals surface area contributed by atoms with Crippen LogP contribution in [-0.4, -0.2) is 38.7 Å². The van der Waals surface area contributed by atoms with Crippen molar-refractivity contribution in [2.24, 2.45) is 5.92 Å². The van der Waals surface area contributed by atoms with Gasteiger partial charge in [-0.2, -0.15) is 18.3 Å². The molecule has 0 atom stereocenters. The van der Waals surface area contributed by atoms with Gasteiger partial charge in [-0.15, -0.1) is 0 Å². The number of halogens is 4. The Balaban J connectivity index is 1.56. The highest BCUT2D eigenvalue weighted by atomic mass is 35.5. The lowest BCUT2D eigenvalue weighted by atomic mass is 9.96. The van der Waals surface area contributed by atoms with Crippen molar-refractivity contribution in [1.82, 2.24) is 25.1 Å². The van der Waals surface area contributed by atoms with Crippen LogP contribution in [0.5, 0.6) is 0 Å². The smallest absolute Gasteiger partial charge is 0.355 e. The summed E-state index contributed by atoms with van der Waals surface area (Å²) >= 11 is 11.1. The molecule has 0 unspecified atom stereocenters. The Hall–Kier alpha value is -2.14. The molecule has 1 aliphatic rings. The number of pyridine rings is 1. The van der Waals surface area contributed by atoms with Gasteiger partial charge >= 0.3 is 6.18 Å². The maximum Gasteiger partial charge on any atom is 0.417 e. The van der Waals surface area contributed by atoms with E-state index in [4.69, 9.17) is 23.8 Å². The summed E-state index contributed by atoms with van der Waals surface area (Å²) in [5.41, 5.74) is -0.884. The molecule has 3 rings (SSSR count). The van der Waals surface area contributed by atoms with Gasteiger partial charge in [-0.1, -0.05) is 11.6 Å². The molecule has 1 amide bonds. The first kappa shape index (κ1) is 21.6. The molecule has 1 saturated heterocycles. The van der Waals surface area contributed by atoms with Crippen LogP contribution < -0.4 is 10.2 Å². The summed E-state index contributed by atoms with van der Waals surface area (Å²) < 4.78 is 40.6. The Bertz CT molecular complexity index is 936. The van der Waals surface area contributed by atoms with Gasteiger partial charge in [0.1, 0.15) is 5.82 Å². The molecule has 0 saturated carbocycles. The molecule has 1 fully saturated rings. The van der Waals surface area contributed by atoms with Crippen LogP contribution in [-0.2, 0) is 24.1 Å². The SMILES string of the molecule is CCn1c(CNC(=O)C2CCN(c3ncc(C(F)(F)F)cc3Cl)CC2)n[nH]c1=S. The molecule has 0 radical (unpaired) electrons. The second kappa shape index (κ2) is 8.70. The van der Waals surface area contributed by atoms with Crippen molar-refractivity contribution in [3.05, 3.63) is 33.4 Å². The van der Waals surface area contributed by atoms with E-state index in [0.717, 1.165) is 12.3 Å². The molecular weight excluding hydrogens is 429 g/mol. The summed E-state index contributed by atoms with van der Waals surface area (Å²) in [6, 6.07) is 0.878. The van der Waals surface area contributed by atoms with Gasteiger partial charge < -0.3 is 14.8 Å². The Kier molecular flexibility index (Phi) is 6.47. The van der Waals surface area contributed by atoms with Crippen LogP contribution in [0.25, 0.3) is 0 Å². The highest BCUT2D eigenvalue weighted by Gasteiger charge is 2.33. The van der Waals surface area contributed by atoms with E-state index in [9.17, 15) is 18.0 Å². The normalized spacial score (nSPS) is 15.6. The minimum atomic E-state index is -4.49. The number of hydrogen-bond acceptors (Lipinski definition) is 5. The third kappa shape index (κ3) is 4.89. The predicted octanol–water partition coefficient (Wildman–Crippen LogP) is 3.56. The van der Waals surface area contributed by atoms with Crippen LogP contribution >= 0.6 is 23.8 Å². The summed E-state index contributed by atoms with van der Waals surface area (Å²) in [6.45, 7) is 3.81. The first-order valence-corrected chi connectivity index (χ1v) is 9.88. The van der Waals surface area contributed by atoms with E-state index in [1.165, 1.54) is 0 Å². The molecule has 0 spiro atoms. The Morgan fingerprint density at radius 1 is 1.41 bits per heavy atom. The summed E-state index contributed by atoms with van der Waals surface area (Å²) in [5, 5.41) is 9.63. The Morgan fingerprint density at radius 3 is 2.69 bits per heavy atom. The topological polar surface area (TPSA) is 78.8 Å². The molecule has 29 heavy (non-hydrogen) atoms. The van der Waals surface area contributed by atoms with E-state index < -0.39 is 11.7 Å². The second-order valence-electron chi connectivity index (χ2n) is 6.70. The maximum absolute atomic E-state index is 12.8. The van der Waals surface area contributed by atoms with Gasteiger partial charge in [0.2, 0.25) is 5.91 Å². The molecule has 2 aromatic rings. The first-order chi connectivity index (χ1) is 13.7. The molecule has 158 valence electrons. The largest absolute Gasteiger partial charge is 0.417 e. The standard InChI is InChI=1S/C17H20ClF3N6OS/c1-2-27-13(24-25-16(27)29)9-23-15(28)10-3-5-26(6-4-10)14-12(18)7-11(8-22-14)17(19,20)21/h7-8,10H,2-6,9H2,1H3,(H,23,28)(H,25,29). The minimum Gasteiger partial charge on any atom is -0.355 e. The van der Waals surface area contributed by atoms with E-state index in [1.54, 1.807) is 9.47 Å². The van der Waals surface area contributed by atoms with Crippen LogP contribution in [0.15, 0.2) is 12.3 Å². The summed E-state index contributed by atoms with van der Waals surface area (Å²) in [4.78, 5) is 18.2. The lowest BCUT2D eigenvalue weighted by Crippen LogP contribution is -2.41. The number of aromatic nitrogens is 4. The van der Waals surface area contributed by atoms with Crippen LogP contribution in [0.3, 0.4) is 0 Å². The lowest BCUT2D eigenvalue weighted by molar-refractivity contribution is -0.137. The molecule has 1 aliphatic heterocycles. The zero-order valence-corrected chi connectivity index (χ0v) is 17.2. The summed E-state index contributed by atoms with van der Waals surface area (Å²) in [7, 11) is 0. The molecule has 12 heteroatoms. The van der Waals surface area contributed by atoms with E-state index >= 15 is 0 Å². The van der Waals surface area contributed by atoms with E-state index in [2.05, 4.69) is 20.5 Å². The number of carbonyl (C=O) groups is 1. The number of alkyl halides is 3. The fourth-order valence-electron chi connectivity index (χ4n) is 3.29. The molecule has 3 heterocycles. The van der Waals surface area contributed by atoms with Crippen LogP contribution in [0.2, 0.25) is 5.02 Å². The van der Waals surface area contributed by atoms with Gasteiger partial charge in [0, 0.05) is 31.7 Å². The van der Waals surface area contributed by atoms with Gasteiger partial charge in [0.15, 0.2) is 10.6 Å². The van der Waals surface area contributed by atoms with Crippen molar-refractivity contribution in [2.75, 3.05) is 18.0 Å². The zero-order chi connectivity index (χ0) is 21.2. The second-order valence-corrected chi connectivity index (χ2v) is 7.49. The highest BCUT2D eigenvalue weighted by Crippen LogP contribution is 2.34. The molecule has 7 nitrogen and oxygen atoms in total. The number of anilines is 1. The first-order valence-electron chi connectivity index (χ1n) is 9.10. The van der Waals surface area contributed by atoms with Gasteiger partial charge in [-0.3, -0.25) is 9.89 Å². The van der Waals surface area contributed by atoms with Crippen molar-refractivity contribution < 1.29 is 18.0 Å². The van der Waals surface area contributed by atoms with Gasteiger partial charge in [-0.25, -0.2) is 4.98 Å². The van der Waals surface area contributed by atoms with Gasteiger partial charge in [0.25, 0.3) is 0 Å². The minimum absolute atomic E-state index is 0.0508. The van der Waals surface area contributed by atoms with E-state index in [-0.39, 0.29) is 23.4 Å². The summed E-state index contributed by atoms with van der Waals surface area (Å²) in [6.07, 6.45) is -2.62. The predicted molar refractivity (Wildman–Crippen MR) is 104 cm³/mol. The monoisotopic (exact) mass is 448 g/mol. The third-order valence-corrected chi connectivity index (χ3v) is 5.48. The number of piperidine rings is 1. The van der Waals surface area contributed by atoms with Crippen LogP contribution in [0.1, 0.15) is 31.2 Å². The van der Waals surface area contributed by atoms with Crippen LogP contribution in [0, 0.1) is 10.7 Å². The molecular formula is C17H20ClF3N6OS. The van der Waals surface area contributed by atoms with Crippen molar-refractivity contribution in [1.29, 1.82) is 0 Å². The third-order valence-electron chi connectivity index (χ3n) is 4.89. The number of hydrogen-bond donors (Lipinski definition) is 2. The van der Waals surface area contributed by atoms with Gasteiger partial charge in [0.05, 0.1) is 17.1 Å². The Labute approximate surface area is 175 Å². The fraction of sp³-hybridized carbons (Fsp3) is 0.529. The van der Waals surface area contributed by atoms with Crippen molar-refractivity contribution in [3.8, 4) is 0 Å². The molecule has 2 N–H and O–H groups in total. The maximum atomic E-state index is 12.8. The number of H-pyrrole nitrogens is 1. The lowest BCUT2D eigenvalue weighted by Gasteiger charge is -2.32. The average Bonchev–Trinajstić information content (AvgIpc) is 3.05.